The lowest BCUT2D eigenvalue weighted by Crippen LogP contribution is -2.24. The van der Waals surface area contributed by atoms with E-state index < -0.39 is 15.3 Å². The lowest BCUT2D eigenvalue weighted by atomic mass is 9.72. The maximum absolute atomic E-state index is 11.5. The van der Waals surface area contributed by atoms with Gasteiger partial charge in [0.15, 0.2) is 0 Å². The predicted octanol–water partition coefficient (Wildman–Crippen LogP) is 4.25. The standard InChI is InChI=1S/C16H23ClO5S/c1-15(2,3)10-16(4,5)9-11-6-7-12(22-23(17,20)21)8-13(11)14(18)19/h6-8H,9-10H2,1-5H3,(H,18,19). The smallest absolute Gasteiger partial charge is 0.401 e. The second-order valence-corrected chi connectivity index (χ2v) is 9.77. The Labute approximate surface area is 142 Å². The normalized spacial score (nSPS) is 13.0. The molecule has 0 saturated heterocycles. The third kappa shape index (κ3) is 7.22. The molecular formula is C16H23ClO5S. The van der Waals surface area contributed by atoms with Crippen molar-refractivity contribution in [1.29, 1.82) is 0 Å². The van der Waals surface area contributed by atoms with Crippen molar-refractivity contribution in [1.82, 2.24) is 0 Å². The van der Waals surface area contributed by atoms with E-state index in [2.05, 4.69) is 38.8 Å². The van der Waals surface area contributed by atoms with Gasteiger partial charge in [0, 0.05) is 0 Å². The molecule has 0 aromatic heterocycles. The van der Waals surface area contributed by atoms with E-state index >= 15 is 0 Å². The van der Waals surface area contributed by atoms with E-state index in [1.165, 1.54) is 12.1 Å². The molecule has 0 saturated carbocycles. The van der Waals surface area contributed by atoms with Crippen molar-refractivity contribution in [3.05, 3.63) is 29.3 Å². The first-order valence-electron chi connectivity index (χ1n) is 7.19. The zero-order valence-electron chi connectivity index (χ0n) is 14.0. The Hall–Kier alpha value is -1.27. The van der Waals surface area contributed by atoms with Crippen molar-refractivity contribution < 1.29 is 22.5 Å². The van der Waals surface area contributed by atoms with E-state index in [0.29, 0.717) is 12.0 Å². The van der Waals surface area contributed by atoms with Crippen LogP contribution in [0.5, 0.6) is 5.75 Å². The van der Waals surface area contributed by atoms with Gasteiger partial charge in [0.05, 0.1) is 16.2 Å². The van der Waals surface area contributed by atoms with Crippen LogP contribution in [0.25, 0.3) is 0 Å². The fourth-order valence-electron chi connectivity index (χ4n) is 3.09. The number of benzene rings is 1. The van der Waals surface area contributed by atoms with Crippen LogP contribution in [0.2, 0.25) is 0 Å². The summed E-state index contributed by atoms with van der Waals surface area (Å²) in [5, 5.41) is 9.38. The molecule has 0 fully saturated rings. The molecule has 0 unspecified atom stereocenters. The summed E-state index contributed by atoms with van der Waals surface area (Å²) in [5.74, 6) is -1.25. The minimum Gasteiger partial charge on any atom is -0.478 e. The Morgan fingerprint density at radius 1 is 1.22 bits per heavy atom. The second kappa shape index (κ2) is 6.69. The molecule has 0 amide bonds. The van der Waals surface area contributed by atoms with Crippen LogP contribution in [0.3, 0.4) is 0 Å². The summed E-state index contributed by atoms with van der Waals surface area (Å²) in [6.45, 7) is 10.6. The number of hydrogen-bond donors (Lipinski definition) is 1. The molecule has 0 bridgehead atoms. The fourth-order valence-corrected chi connectivity index (χ4v) is 3.64. The average molecular weight is 363 g/mol. The third-order valence-electron chi connectivity index (χ3n) is 3.19. The molecule has 0 atom stereocenters. The lowest BCUT2D eigenvalue weighted by Gasteiger charge is -2.33. The molecule has 0 aliphatic rings. The van der Waals surface area contributed by atoms with Crippen molar-refractivity contribution >= 4 is 26.0 Å². The first-order valence-corrected chi connectivity index (χ1v) is 9.42. The molecule has 7 heteroatoms. The monoisotopic (exact) mass is 362 g/mol. The van der Waals surface area contributed by atoms with Crippen molar-refractivity contribution in [2.75, 3.05) is 0 Å². The number of carboxylic acids is 1. The molecule has 0 spiro atoms. The summed E-state index contributed by atoms with van der Waals surface area (Å²) in [5.41, 5.74) is 0.655. The molecule has 0 aliphatic heterocycles. The Morgan fingerprint density at radius 2 is 1.78 bits per heavy atom. The largest absolute Gasteiger partial charge is 0.478 e. The van der Waals surface area contributed by atoms with Gasteiger partial charge in [0.25, 0.3) is 0 Å². The highest BCUT2D eigenvalue weighted by Crippen LogP contribution is 2.37. The quantitative estimate of drug-likeness (QED) is 0.765. The van der Waals surface area contributed by atoms with E-state index in [1.54, 1.807) is 6.07 Å². The van der Waals surface area contributed by atoms with Crippen LogP contribution in [0.15, 0.2) is 18.2 Å². The summed E-state index contributed by atoms with van der Waals surface area (Å²) in [6, 6.07) is 4.17. The summed E-state index contributed by atoms with van der Waals surface area (Å²) in [4.78, 5) is 11.5. The molecule has 23 heavy (non-hydrogen) atoms. The molecule has 0 heterocycles. The van der Waals surface area contributed by atoms with Gasteiger partial charge in [0.2, 0.25) is 0 Å². The molecule has 0 radical (unpaired) electrons. The lowest BCUT2D eigenvalue weighted by molar-refractivity contribution is 0.0694. The third-order valence-corrected chi connectivity index (χ3v) is 3.77. The van der Waals surface area contributed by atoms with Crippen LogP contribution >= 0.6 is 10.7 Å². The van der Waals surface area contributed by atoms with Crippen LogP contribution in [-0.4, -0.2) is 19.5 Å². The summed E-state index contributed by atoms with van der Waals surface area (Å²) in [6.07, 6.45) is 1.47. The van der Waals surface area contributed by atoms with Gasteiger partial charge in [0.1, 0.15) is 5.75 Å². The molecule has 1 N–H and O–H groups in total. The Kier molecular flexibility index (Phi) is 5.75. The van der Waals surface area contributed by atoms with Crippen molar-refractivity contribution in [3.63, 3.8) is 0 Å². The zero-order valence-corrected chi connectivity index (χ0v) is 15.6. The van der Waals surface area contributed by atoms with Crippen molar-refractivity contribution in [2.24, 2.45) is 10.8 Å². The molecule has 5 nitrogen and oxygen atoms in total. The number of carboxylic acid groups (broad SMARTS) is 1. The van der Waals surface area contributed by atoms with Gasteiger partial charge in [-0.15, -0.1) is 0 Å². The Bertz CT molecular complexity index is 687. The SMILES string of the molecule is CC(C)(C)CC(C)(C)Cc1ccc(OS(=O)(=O)Cl)cc1C(=O)O. The van der Waals surface area contributed by atoms with Crippen LogP contribution < -0.4 is 4.18 Å². The second-order valence-electron chi connectivity index (χ2n) is 7.68. The molecule has 1 aromatic carbocycles. The van der Waals surface area contributed by atoms with E-state index in [1.807, 2.05) is 0 Å². The fraction of sp³-hybridized carbons (Fsp3) is 0.562. The minimum atomic E-state index is -4.21. The van der Waals surface area contributed by atoms with Gasteiger partial charge < -0.3 is 9.29 Å². The van der Waals surface area contributed by atoms with Gasteiger partial charge in [-0.1, -0.05) is 40.7 Å². The topological polar surface area (TPSA) is 80.7 Å². The predicted molar refractivity (Wildman–Crippen MR) is 90.4 cm³/mol. The number of rotatable bonds is 6. The average Bonchev–Trinajstić information content (AvgIpc) is 2.25. The molecule has 0 aliphatic carbocycles. The van der Waals surface area contributed by atoms with E-state index in [9.17, 15) is 18.3 Å². The van der Waals surface area contributed by atoms with Crippen LogP contribution in [-0.2, 0) is 15.8 Å². The Morgan fingerprint density at radius 3 is 2.22 bits per heavy atom. The molecule has 1 rings (SSSR count). The summed E-state index contributed by atoms with van der Waals surface area (Å²) < 4.78 is 26.4. The Balaban J connectivity index is 3.14. The number of hydrogen-bond acceptors (Lipinski definition) is 4. The highest BCUT2D eigenvalue weighted by Gasteiger charge is 2.27. The van der Waals surface area contributed by atoms with Crippen LogP contribution in [0, 0.1) is 10.8 Å². The zero-order chi connectivity index (χ0) is 18.1. The van der Waals surface area contributed by atoms with E-state index in [4.69, 9.17) is 10.7 Å². The molecule has 1 aromatic rings. The maximum atomic E-state index is 11.5. The number of aromatic carboxylic acids is 1. The molecule has 130 valence electrons. The van der Waals surface area contributed by atoms with Crippen LogP contribution in [0.1, 0.15) is 57.0 Å². The van der Waals surface area contributed by atoms with Gasteiger partial charge in [-0.3, -0.25) is 0 Å². The van der Waals surface area contributed by atoms with Gasteiger partial charge >= 0.3 is 15.3 Å². The van der Waals surface area contributed by atoms with Gasteiger partial charge in [-0.25, -0.2) is 4.79 Å². The highest BCUT2D eigenvalue weighted by atomic mass is 35.7. The van der Waals surface area contributed by atoms with Gasteiger partial charge in [-0.2, -0.15) is 8.42 Å². The van der Waals surface area contributed by atoms with E-state index in [0.717, 1.165) is 6.42 Å². The molecular weight excluding hydrogens is 340 g/mol. The number of halogens is 1. The van der Waals surface area contributed by atoms with Crippen LogP contribution in [0.4, 0.5) is 0 Å². The first kappa shape index (κ1) is 19.8. The number of carbonyl (C=O) groups is 1. The van der Waals surface area contributed by atoms with E-state index in [-0.39, 0.29) is 22.1 Å². The summed E-state index contributed by atoms with van der Waals surface area (Å²) >= 11 is 0. The maximum Gasteiger partial charge on any atom is 0.401 e. The van der Waals surface area contributed by atoms with Gasteiger partial charge in [-0.05, 0) is 41.4 Å². The first-order chi connectivity index (χ1) is 10.2. The van der Waals surface area contributed by atoms with Crippen molar-refractivity contribution in [3.8, 4) is 5.75 Å². The minimum absolute atomic E-state index is 0.0183. The van der Waals surface area contributed by atoms with Crippen molar-refractivity contribution in [2.45, 2.75) is 47.5 Å². The highest BCUT2D eigenvalue weighted by molar-refractivity contribution is 8.10. The summed E-state index contributed by atoms with van der Waals surface area (Å²) in [7, 11) is 0.809.